The number of carboxylic acids is 1. The van der Waals surface area contributed by atoms with E-state index in [-0.39, 0.29) is 5.56 Å². The molecule has 6 nitrogen and oxygen atoms in total. The Morgan fingerprint density at radius 2 is 2.37 bits per heavy atom. The van der Waals surface area contributed by atoms with E-state index in [2.05, 4.69) is 16.9 Å². The van der Waals surface area contributed by atoms with E-state index in [1.54, 1.807) is 7.11 Å². The predicted molar refractivity (Wildman–Crippen MR) is 68.1 cm³/mol. The average molecular weight is 266 g/mol. The standard InChI is InChI=1S/C13H18N2O4/c1-8-4-3-5-13(6-8,19-2)12-14-7-9(11(17)18)10(16)15-12/h7-8H,3-6H2,1-2H3,(H,17,18)(H,14,15,16). The van der Waals surface area contributed by atoms with E-state index < -0.39 is 17.1 Å². The van der Waals surface area contributed by atoms with Crippen LogP contribution in [0.25, 0.3) is 0 Å². The van der Waals surface area contributed by atoms with Crippen molar-refractivity contribution in [2.45, 2.75) is 38.2 Å². The van der Waals surface area contributed by atoms with Gasteiger partial charge in [0.15, 0.2) is 0 Å². The third kappa shape index (κ3) is 2.53. The van der Waals surface area contributed by atoms with Crippen molar-refractivity contribution in [1.82, 2.24) is 9.97 Å². The Bertz CT molecular complexity index is 540. The van der Waals surface area contributed by atoms with Gasteiger partial charge in [0.25, 0.3) is 5.56 Å². The molecular formula is C13H18N2O4. The molecule has 2 unspecified atom stereocenters. The molecule has 1 saturated carbocycles. The van der Waals surface area contributed by atoms with Crippen molar-refractivity contribution in [2.75, 3.05) is 7.11 Å². The lowest BCUT2D eigenvalue weighted by molar-refractivity contribution is -0.0648. The first-order valence-electron chi connectivity index (χ1n) is 6.37. The van der Waals surface area contributed by atoms with Crippen LogP contribution in [-0.2, 0) is 10.3 Å². The molecule has 0 spiro atoms. The number of aromatic carboxylic acids is 1. The molecule has 0 radical (unpaired) electrons. The van der Waals surface area contributed by atoms with Crippen LogP contribution >= 0.6 is 0 Å². The summed E-state index contributed by atoms with van der Waals surface area (Å²) in [5.41, 5.74) is -1.58. The van der Waals surface area contributed by atoms with E-state index in [1.807, 2.05) is 0 Å². The van der Waals surface area contributed by atoms with Crippen molar-refractivity contribution >= 4 is 5.97 Å². The summed E-state index contributed by atoms with van der Waals surface area (Å²) in [4.78, 5) is 29.2. The highest BCUT2D eigenvalue weighted by Crippen LogP contribution is 2.40. The summed E-state index contributed by atoms with van der Waals surface area (Å²) in [6.07, 6.45) is 4.79. The third-order valence-electron chi connectivity index (χ3n) is 3.81. The molecule has 0 bridgehead atoms. The molecule has 1 heterocycles. The van der Waals surface area contributed by atoms with Gasteiger partial charge in [-0.15, -0.1) is 0 Å². The minimum absolute atomic E-state index is 0.348. The Labute approximate surface area is 110 Å². The van der Waals surface area contributed by atoms with Crippen LogP contribution in [0.5, 0.6) is 0 Å². The number of hydrogen-bond acceptors (Lipinski definition) is 4. The Morgan fingerprint density at radius 3 is 2.89 bits per heavy atom. The largest absolute Gasteiger partial charge is 0.477 e. The molecule has 2 rings (SSSR count). The fourth-order valence-corrected chi connectivity index (χ4v) is 2.78. The maximum Gasteiger partial charge on any atom is 0.342 e. The molecule has 1 fully saturated rings. The van der Waals surface area contributed by atoms with Crippen molar-refractivity contribution in [1.29, 1.82) is 0 Å². The number of nitrogens with one attached hydrogen (secondary N) is 1. The Hall–Kier alpha value is -1.69. The molecule has 6 heteroatoms. The first-order chi connectivity index (χ1) is 8.98. The number of H-pyrrole nitrogens is 1. The highest BCUT2D eigenvalue weighted by molar-refractivity contribution is 5.86. The van der Waals surface area contributed by atoms with Crippen LogP contribution in [0.1, 0.15) is 48.8 Å². The number of ether oxygens (including phenoxy) is 1. The number of aromatic amines is 1. The van der Waals surface area contributed by atoms with Crippen LogP contribution in [0.15, 0.2) is 11.0 Å². The van der Waals surface area contributed by atoms with Gasteiger partial charge in [0.05, 0.1) is 0 Å². The lowest BCUT2D eigenvalue weighted by atomic mass is 9.78. The minimum atomic E-state index is -1.27. The van der Waals surface area contributed by atoms with Crippen LogP contribution in [0.3, 0.4) is 0 Å². The minimum Gasteiger partial charge on any atom is -0.477 e. The van der Waals surface area contributed by atoms with Gasteiger partial charge in [0.2, 0.25) is 0 Å². The number of carboxylic acid groups (broad SMARTS) is 1. The Balaban J connectivity index is 2.42. The Kier molecular flexibility index (Phi) is 3.71. The molecule has 2 N–H and O–H groups in total. The van der Waals surface area contributed by atoms with Crippen LogP contribution in [0.2, 0.25) is 0 Å². The molecule has 1 aliphatic carbocycles. The second-order valence-electron chi connectivity index (χ2n) is 5.18. The number of hydrogen-bond donors (Lipinski definition) is 2. The van der Waals surface area contributed by atoms with E-state index >= 15 is 0 Å². The number of nitrogens with zero attached hydrogens (tertiary/aromatic N) is 1. The molecule has 104 valence electrons. The van der Waals surface area contributed by atoms with E-state index in [9.17, 15) is 9.59 Å². The second kappa shape index (κ2) is 5.13. The summed E-state index contributed by atoms with van der Waals surface area (Å²) in [5.74, 6) is -0.363. The second-order valence-corrected chi connectivity index (χ2v) is 5.18. The van der Waals surface area contributed by atoms with Crippen molar-refractivity contribution in [2.24, 2.45) is 5.92 Å². The van der Waals surface area contributed by atoms with Gasteiger partial charge in [0.1, 0.15) is 17.0 Å². The van der Waals surface area contributed by atoms with Crippen molar-refractivity contribution in [3.63, 3.8) is 0 Å². The molecule has 0 aliphatic heterocycles. The lowest BCUT2D eigenvalue weighted by Crippen LogP contribution is -2.38. The number of aromatic nitrogens is 2. The van der Waals surface area contributed by atoms with Gasteiger partial charge in [-0.3, -0.25) is 4.79 Å². The van der Waals surface area contributed by atoms with E-state index in [4.69, 9.17) is 9.84 Å². The van der Waals surface area contributed by atoms with Gasteiger partial charge in [-0.05, 0) is 25.2 Å². The topological polar surface area (TPSA) is 92.3 Å². The zero-order valence-corrected chi connectivity index (χ0v) is 11.1. The smallest absolute Gasteiger partial charge is 0.342 e. The molecule has 0 aromatic carbocycles. The average Bonchev–Trinajstić information content (AvgIpc) is 2.38. The van der Waals surface area contributed by atoms with Crippen LogP contribution in [0, 0.1) is 5.92 Å². The van der Waals surface area contributed by atoms with Gasteiger partial charge < -0.3 is 14.8 Å². The van der Waals surface area contributed by atoms with Gasteiger partial charge in [-0.25, -0.2) is 9.78 Å². The molecule has 0 amide bonds. The lowest BCUT2D eigenvalue weighted by Gasteiger charge is -2.37. The molecule has 1 aliphatic rings. The van der Waals surface area contributed by atoms with E-state index in [0.29, 0.717) is 11.7 Å². The summed E-state index contributed by atoms with van der Waals surface area (Å²) >= 11 is 0. The molecule has 0 saturated heterocycles. The zero-order chi connectivity index (χ0) is 14.0. The molecular weight excluding hydrogens is 248 g/mol. The van der Waals surface area contributed by atoms with E-state index in [0.717, 1.165) is 31.9 Å². The highest BCUT2D eigenvalue weighted by Gasteiger charge is 2.39. The number of methoxy groups -OCH3 is 1. The van der Waals surface area contributed by atoms with Crippen molar-refractivity contribution < 1.29 is 14.6 Å². The third-order valence-corrected chi connectivity index (χ3v) is 3.81. The quantitative estimate of drug-likeness (QED) is 0.865. The van der Waals surface area contributed by atoms with Gasteiger partial charge in [-0.1, -0.05) is 13.3 Å². The molecule has 1 aromatic heterocycles. The summed E-state index contributed by atoms with van der Waals surface area (Å²) in [6, 6.07) is 0. The highest BCUT2D eigenvalue weighted by atomic mass is 16.5. The maximum absolute atomic E-state index is 11.7. The SMILES string of the molecule is COC1(c2ncc(C(=O)O)c(=O)[nH]2)CCCC(C)C1. The summed E-state index contributed by atoms with van der Waals surface area (Å²) in [7, 11) is 1.60. The normalized spacial score (nSPS) is 27.2. The van der Waals surface area contributed by atoms with Crippen LogP contribution in [0.4, 0.5) is 0 Å². The first kappa shape index (κ1) is 13.7. The summed E-state index contributed by atoms with van der Waals surface area (Å²) in [5, 5.41) is 8.84. The molecule has 1 aromatic rings. The Morgan fingerprint density at radius 1 is 1.63 bits per heavy atom. The summed E-state index contributed by atoms with van der Waals surface area (Å²) in [6.45, 7) is 2.14. The maximum atomic E-state index is 11.7. The fraction of sp³-hybridized carbons (Fsp3) is 0.615. The van der Waals surface area contributed by atoms with Crippen molar-refractivity contribution in [3.8, 4) is 0 Å². The fourth-order valence-electron chi connectivity index (χ4n) is 2.78. The zero-order valence-electron chi connectivity index (χ0n) is 11.1. The summed E-state index contributed by atoms with van der Waals surface area (Å²) < 4.78 is 5.61. The monoisotopic (exact) mass is 266 g/mol. The molecule has 2 atom stereocenters. The van der Waals surface area contributed by atoms with Crippen LogP contribution < -0.4 is 5.56 Å². The predicted octanol–water partition coefficient (Wildman–Crippen LogP) is 1.52. The van der Waals surface area contributed by atoms with E-state index in [1.165, 1.54) is 0 Å². The number of carbonyl (C=O) groups is 1. The first-order valence-corrected chi connectivity index (χ1v) is 6.37. The van der Waals surface area contributed by atoms with Crippen molar-refractivity contribution in [3.05, 3.63) is 27.9 Å². The molecule has 19 heavy (non-hydrogen) atoms. The number of rotatable bonds is 3. The van der Waals surface area contributed by atoms with Gasteiger partial charge in [0, 0.05) is 13.3 Å². The van der Waals surface area contributed by atoms with Gasteiger partial charge >= 0.3 is 5.97 Å². The van der Waals surface area contributed by atoms with Crippen LogP contribution in [-0.4, -0.2) is 28.2 Å². The van der Waals surface area contributed by atoms with Gasteiger partial charge in [-0.2, -0.15) is 0 Å².